The number of tetrazole rings is 1. The van der Waals surface area contributed by atoms with E-state index < -0.39 is 5.82 Å². The number of benzene rings is 1. The zero-order valence-electron chi connectivity index (χ0n) is 7.36. The van der Waals surface area contributed by atoms with Crippen molar-refractivity contribution in [3.05, 3.63) is 34.3 Å². The summed E-state index contributed by atoms with van der Waals surface area (Å²) in [6, 6.07) is 4.52. The van der Waals surface area contributed by atoms with Crippen molar-refractivity contribution < 1.29 is 4.39 Å². The van der Waals surface area contributed by atoms with Crippen LogP contribution in [0.1, 0.15) is 5.82 Å². The minimum atomic E-state index is -0.406. The molecule has 15 heavy (non-hydrogen) atoms. The second-order valence-corrected chi connectivity index (χ2v) is 3.92. The van der Waals surface area contributed by atoms with Crippen molar-refractivity contribution in [2.75, 3.05) is 0 Å². The highest BCUT2D eigenvalue weighted by atomic mass is 79.9. The van der Waals surface area contributed by atoms with Crippen molar-refractivity contribution in [3.63, 3.8) is 0 Å². The molecule has 1 heterocycles. The average Bonchev–Trinajstić information content (AvgIpc) is 2.69. The molecule has 0 spiro atoms. The Balaban J connectivity index is 2.58. The summed E-state index contributed by atoms with van der Waals surface area (Å²) >= 11 is 8.86. The van der Waals surface area contributed by atoms with Crippen molar-refractivity contribution in [2.45, 2.75) is 5.88 Å². The highest BCUT2D eigenvalue weighted by molar-refractivity contribution is 9.10. The molecule has 0 saturated heterocycles. The van der Waals surface area contributed by atoms with Gasteiger partial charge in [0, 0.05) is 4.47 Å². The molecule has 0 N–H and O–H groups in total. The van der Waals surface area contributed by atoms with Crippen LogP contribution in [0.5, 0.6) is 0 Å². The number of hydrogen-bond acceptors (Lipinski definition) is 3. The van der Waals surface area contributed by atoms with Gasteiger partial charge in [-0.1, -0.05) is 15.9 Å². The van der Waals surface area contributed by atoms with Crippen LogP contribution < -0.4 is 0 Å². The van der Waals surface area contributed by atoms with E-state index in [1.54, 1.807) is 12.1 Å². The molecule has 0 aliphatic heterocycles. The van der Waals surface area contributed by atoms with Gasteiger partial charge in [-0.25, -0.2) is 4.39 Å². The Bertz CT molecular complexity index is 487. The van der Waals surface area contributed by atoms with Crippen LogP contribution in [-0.4, -0.2) is 20.2 Å². The zero-order valence-corrected chi connectivity index (χ0v) is 9.70. The van der Waals surface area contributed by atoms with Crippen LogP contribution in [0, 0.1) is 5.82 Å². The van der Waals surface area contributed by atoms with Crippen molar-refractivity contribution in [1.29, 1.82) is 0 Å². The van der Waals surface area contributed by atoms with Gasteiger partial charge in [-0.05, 0) is 28.6 Å². The number of aromatic nitrogens is 4. The van der Waals surface area contributed by atoms with E-state index >= 15 is 0 Å². The van der Waals surface area contributed by atoms with E-state index in [0.29, 0.717) is 5.82 Å². The summed E-state index contributed by atoms with van der Waals surface area (Å²) < 4.78 is 15.5. The third kappa shape index (κ3) is 2.00. The Kier molecular flexibility index (Phi) is 2.97. The lowest BCUT2D eigenvalue weighted by Crippen LogP contribution is -2.04. The van der Waals surface area contributed by atoms with Gasteiger partial charge in [0.1, 0.15) is 11.5 Å². The molecule has 0 atom stereocenters. The molecular formula is C8H5BrClFN4. The van der Waals surface area contributed by atoms with Crippen molar-refractivity contribution >= 4 is 27.5 Å². The van der Waals surface area contributed by atoms with Gasteiger partial charge in [0.15, 0.2) is 5.82 Å². The maximum atomic E-state index is 13.5. The fourth-order valence-electron chi connectivity index (χ4n) is 1.12. The lowest BCUT2D eigenvalue weighted by Gasteiger charge is -2.04. The minimum Gasteiger partial charge on any atom is -0.205 e. The quantitative estimate of drug-likeness (QED) is 0.798. The van der Waals surface area contributed by atoms with E-state index in [1.165, 1.54) is 10.7 Å². The molecule has 1 aromatic carbocycles. The Labute approximate surface area is 98.2 Å². The van der Waals surface area contributed by atoms with Crippen LogP contribution in [0.15, 0.2) is 22.7 Å². The lowest BCUT2D eigenvalue weighted by molar-refractivity contribution is 0.604. The molecule has 4 nitrogen and oxygen atoms in total. The van der Waals surface area contributed by atoms with Crippen LogP contribution in [0.25, 0.3) is 5.69 Å². The number of halogens is 3. The largest absolute Gasteiger partial charge is 0.205 e. The average molecular weight is 292 g/mol. The Hall–Kier alpha value is -1.01. The van der Waals surface area contributed by atoms with Gasteiger partial charge < -0.3 is 0 Å². The third-order valence-electron chi connectivity index (χ3n) is 1.79. The van der Waals surface area contributed by atoms with Crippen LogP contribution in [0.4, 0.5) is 4.39 Å². The molecule has 0 unspecified atom stereocenters. The molecule has 0 amide bonds. The summed E-state index contributed by atoms with van der Waals surface area (Å²) in [6.45, 7) is 0. The van der Waals surface area contributed by atoms with Crippen LogP contribution in [-0.2, 0) is 5.88 Å². The smallest absolute Gasteiger partial charge is 0.171 e. The highest BCUT2D eigenvalue weighted by Crippen LogP contribution is 2.19. The highest BCUT2D eigenvalue weighted by Gasteiger charge is 2.11. The second kappa shape index (κ2) is 4.24. The summed E-state index contributed by atoms with van der Waals surface area (Å²) in [7, 11) is 0. The van der Waals surface area contributed by atoms with Crippen molar-refractivity contribution in [1.82, 2.24) is 20.2 Å². The van der Waals surface area contributed by atoms with E-state index in [2.05, 4.69) is 31.5 Å². The fraction of sp³-hybridized carbons (Fsp3) is 0.125. The molecule has 0 bridgehead atoms. The Morgan fingerprint density at radius 1 is 1.47 bits per heavy atom. The van der Waals surface area contributed by atoms with Gasteiger partial charge in [0.25, 0.3) is 0 Å². The summed E-state index contributed by atoms with van der Waals surface area (Å²) in [5.74, 6) is 0.115. The summed E-state index contributed by atoms with van der Waals surface area (Å²) in [4.78, 5) is 0. The first-order valence-corrected chi connectivity index (χ1v) is 5.34. The maximum absolute atomic E-state index is 13.5. The van der Waals surface area contributed by atoms with Crippen LogP contribution >= 0.6 is 27.5 Å². The van der Waals surface area contributed by atoms with Gasteiger partial charge in [-0.2, -0.15) is 4.68 Å². The first-order valence-electron chi connectivity index (χ1n) is 4.01. The van der Waals surface area contributed by atoms with Crippen LogP contribution in [0.2, 0.25) is 0 Å². The monoisotopic (exact) mass is 290 g/mol. The van der Waals surface area contributed by atoms with E-state index in [4.69, 9.17) is 11.6 Å². The molecule has 0 fully saturated rings. The van der Waals surface area contributed by atoms with Gasteiger partial charge in [-0.15, -0.1) is 16.7 Å². The number of rotatable bonds is 2. The molecule has 0 aliphatic carbocycles. The van der Waals surface area contributed by atoms with Crippen molar-refractivity contribution in [2.24, 2.45) is 0 Å². The van der Waals surface area contributed by atoms with E-state index in [-0.39, 0.29) is 11.6 Å². The van der Waals surface area contributed by atoms with E-state index in [1.807, 2.05) is 0 Å². The summed E-state index contributed by atoms with van der Waals surface area (Å²) in [6.07, 6.45) is 0. The molecule has 7 heteroatoms. The predicted molar refractivity (Wildman–Crippen MR) is 56.4 cm³/mol. The zero-order chi connectivity index (χ0) is 10.8. The second-order valence-electron chi connectivity index (χ2n) is 2.74. The van der Waals surface area contributed by atoms with Gasteiger partial charge >= 0.3 is 0 Å². The van der Waals surface area contributed by atoms with E-state index in [9.17, 15) is 4.39 Å². The predicted octanol–water partition coefficient (Wildman–Crippen LogP) is 2.30. The Morgan fingerprint density at radius 2 is 2.27 bits per heavy atom. The normalized spacial score (nSPS) is 10.6. The lowest BCUT2D eigenvalue weighted by atomic mass is 10.3. The number of nitrogens with zero attached hydrogens (tertiary/aromatic N) is 4. The van der Waals surface area contributed by atoms with E-state index in [0.717, 1.165) is 4.47 Å². The Morgan fingerprint density at radius 3 is 3.00 bits per heavy atom. The molecule has 78 valence electrons. The fourth-order valence-corrected chi connectivity index (χ4v) is 1.64. The molecule has 0 aliphatic rings. The first-order chi connectivity index (χ1) is 7.22. The third-order valence-corrected chi connectivity index (χ3v) is 2.52. The van der Waals surface area contributed by atoms with Gasteiger partial charge in [0.2, 0.25) is 0 Å². The topological polar surface area (TPSA) is 43.6 Å². The SMILES string of the molecule is Fc1ccc(Br)cc1-n1nnnc1CCl. The molecule has 0 saturated carbocycles. The first kappa shape index (κ1) is 10.5. The molecule has 1 aromatic heterocycles. The number of hydrogen-bond donors (Lipinski definition) is 0. The molecule has 0 radical (unpaired) electrons. The van der Waals surface area contributed by atoms with Crippen LogP contribution in [0.3, 0.4) is 0 Å². The summed E-state index contributed by atoms with van der Waals surface area (Å²) in [5.41, 5.74) is 0.269. The van der Waals surface area contributed by atoms with Gasteiger partial charge in [0.05, 0.1) is 5.88 Å². The minimum absolute atomic E-state index is 0.124. The maximum Gasteiger partial charge on any atom is 0.171 e. The standard InChI is InChI=1S/C8H5BrClFN4/c9-5-1-2-6(11)7(3-5)15-8(4-10)12-13-14-15/h1-3H,4H2. The van der Waals surface area contributed by atoms with Gasteiger partial charge in [-0.3, -0.25) is 0 Å². The molecule has 2 aromatic rings. The van der Waals surface area contributed by atoms with Crippen molar-refractivity contribution in [3.8, 4) is 5.69 Å². The molecular weight excluding hydrogens is 286 g/mol. The molecule has 2 rings (SSSR count). The summed E-state index contributed by atoms with van der Waals surface area (Å²) in [5, 5.41) is 10.8. The number of alkyl halides is 1.